The van der Waals surface area contributed by atoms with E-state index in [0.717, 1.165) is 22.3 Å². The molecule has 0 unspecified atom stereocenters. The predicted molar refractivity (Wildman–Crippen MR) is 264 cm³/mol. The maximum atomic E-state index is 14.3. The van der Waals surface area contributed by atoms with Gasteiger partial charge in [-0.1, -0.05) is 158 Å². The Bertz CT molecular complexity index is 2560. The molecule has 0 aromatic heterocycles. The van der Waals surface area contributed by atoms with Gasteiger partial charge in [-0.25, -0.2) is 14.4 Å². The summed E-state index contributed by atoms with van der Waals surface area (Å²) in [5, 5.41) is 0. The summed E-state index contributed by atoms with van der Waals surface area (Å²) in [5.74, 6) is -2.13. The van der Waals surface area contributed by atoms with Gasteiger partial charge in [-0.2, -0.15) is 0 Å². The number of rotatable bonds is 24. The van der Waals surface area contributed by atoms with Gasteiger partial charge in [-0.05, 0) is 46.5 Å². The summed E-state index contributed by atoms with van der Waals surface area (Å²) in [4.78, 5) is 40.6. The van der Waals surface area contributed by atoms with E-state index in [1.165, 1.54) is 14.2 Å². The maximum Gasteiger partial charge on any atom is 0.338 e. The number of esters is 3. The Morgan fingerprint density at radius 2 is 0.849 bits per heavy atom. The highest BCUT2D eigenvalue weighted by atomic mass is 16.8. The van der Waals surface area contributed by atoms with Crippen LogP contribution < -0.4 is 0 Å². The SMILES string of the molecule is COC(=O)CO[C@H]1[C@H](OC)O[C@H](COC(=O)c2ccccc2)[C@H](O[C@H]2O[C@H](COCc3ccccc3)[C@H](OCc3ccccc3)[C@H](OCc3ccccc3)[C@H]2OCc2ccccc2)[C@@H]1OC(=O)c1ccccc1. The van der Waals surface area contributed by atoms with Gasteiger partial charge in [0, 0.05) is 7.11 Å². The van der Waals surface area contributed by atoms with E-state index in [2.05, 4.69) is 0 Å². The molecular formula is C58H60O15. The Morgan fingerprint density at radius 1 is 0.425 bits per heavy atom. The predicted octanol–water partition coefficient (Wildman–Crippen LogP) is 8.08. The van der Waals surface area contributed by atoms with E-state index >= 15 is 0 Å². The summed E-state index contributed by atoms with van der Waals surface area (Å²) in [6.07, 6.45) is -11.7. The van der Waals surface area contributed by atoms with Crippen LogP contribution in [0.2, 0.25) is 0 Å². The van der Waals surface area contributed by atoms with Gasteiger partial charge in [0.15, 0.2) is 18.7 Å². The second-order valence-electron chi connectivity index (χ2n) is 17.3. The third kappa shape index (κ3) is 15.0. The van der Waals surface area contributed by atoms with Gasteiger partial charge < -0.3 is 56.8 Å². The number of methoxy groups -OCH3 is 2. The molecule has 382 valence electrons. The third-order valence-electron chi connectivity index (χ3n) is 12.2. The van der Waals surface area contributed by atoms with Crippen LogP contribution in [0, 0.1) is 0 Å². The summed E-state index contributed by atoms with van der Waals surface area (Å²) < 4.78 is 77.3. The molecule has 2 saturated heterocycles. The van der Waals surface area contributed by atoms with Crippen LogP contribution in [0.25, 0.3) is 0 Å². The van der Waals surface area contributed by atoms with Crippen molar-refractivity contribution < 1.29 is 71.2 Å². The van der Waals surface area contributed by atoms with E-state index in [1.54, 1.807) is 60.7 Å². The van der Waals surface area contributed by atoms with Crippen molar-refractivity contribution in [3.63, 3.8) is 0 Å². The minimum atomic E-state index is -1.43. The standard InChI is InChI=1S/C58H60O15/c1-62-48(59)39-68-54-52(72-56(61)45-31-19-8-20-32-45)50(47(70-57(54)63-2)38-69-55(60)44-29-17-7-18-30-44)73-58-53(67-36-43-27-15-6-16-28-43)51(66-35-42-25-13-5-14-26-42)49(65-34-41-23-11-4-12-24-41)46(71-58)37-64-33-40-21-9-3-10-22-40/h3-32,46-47,49-54,57-58H,33-39H2,1-2H3/t46-,47-,49+,50+,51+,52+,53-,54-,57-,58-/m1/s1. The first-order chi connectivity index (χ1) is 35.9. The molecule has 2 fully saturated rings. The summed E-state index contributed by atoms with van der Waals surface area (Å²) in [6, 6.07) is 55.6. The lowest BCUT2D eigenvalue weighted by atomic mass is 9.95. The molecule has 0 N–H and O–H groups in total. The molecular weight excluding hydrogens is 937 g/mol. The fourth-order valence-corrected chi connectivity index (χ4v) is 8.49. The molecule has 0 saturated carbocycles. The van der Waals surface area contributed by atoms with Crippen molar-refractivity contribution in [3.05, 3.63) is 215 Å². The molecule has 6 aromatic rings. The molecule has 0 aliphatic carbocycles. The maximum absolute atomic E-state index is 14.3. The number of hydrogen-bond acceptors (Lipinski definition) is 15. The molecule has 6 aromatic carbocycles. The van der Waals surface area contributed by atoms with E-state index in [9.17, 15) is 14.4 Å². The molecule has 2 heterocycles. The first kappa shape index (κ1) is 52.7. The quantitative estimate of drug-likeness (QED) is 0.0422. The Hall–Kier alpha value is -6.63. The van der Waals surface area contributed by atoms with Crippen molar-refractivity contribution in [3.8, 4) is 0 Å². The summed E-state index contributed by atoms with van der Waals surface area (Å²) in [6.45, 7) is -0.329. The minimum absolute atomic E-state index is 0.00708. The van der Waals surface area contributed by atoms with Crippen molar-refractivity contribution in [1.82, 2.24) is 0 Å². The summed E-state index contributed by atoms with van der Waals surface area (Å²) >= 11 is 0. The Kier molecular flexibility index (Phi) is 19.8. The zero-order chi connectivity index (χ0) is 50.6. The van der Waals surface area contributed by atoms with E-state index in [1.807, 2.05) is 121 Å². The fourth-order valence-electron chi connectivity index (χ4n) is 8.49. The molecule has 73 heavy (non-hydrogen) atoms. The van der Waals surface area contributed by atoms with E-state index in [4.69, 9.17) is 56.8 Å². The van der Waals surface area contributed by atoms with Crippen molar-refractivity contribution in [2.75, 3.05) is 34.0 Å². The molecule has 15 nitrogen and oxygen atoms in total. The number of ether oxygens (including phenoxy) is 12. The normalized spacial score (nSPS) is 23.8. The largest absolute Gasteiger partial charge is 0.467 e. The molecule has 0 bridgehead atoms. The van der Waals surface area contributed by atoms with Crippen LogP contribution >= 0.6 is 0 Å². The first-order valence-electron chi connectivity index (χ1n) is 24.1. The second-order valence-corrected chi connectivity index (χ2v) is 17.3. The van der Waals surface area contributed by atoms with Crippen molar-refractivity contribution >= 4 is 17.9 Å². The molecule has 10 atom stereocenters. The number of benzene rings is 6. The molecule has 0 spiro atoms. The Morgan fingerprint density at radius 3 is 1.36 bits per heavy atom. The Labute approximate surface area is 425 Å². The highest BCUT2D eigenvalue weighted by Gasteiger charge is 2.55. The van der Waals surface area contributed by atoms with Crippen molar-refractivity contribution in [2.45, 2.75) is 87.8 Å². The average Bonchev–Trinajstić information content (AvgIpc) is 3.44. The van der Waals surface area contributed by atoms with Gasteiger partial charge in [0.2, 0.25) is 0 Å². The average molecular weight is 997 g/mol. The van der Waals surface area contributed by atoms with Gasteiger partial charge >= 0.3 is 17.9 Å². The molecule has 2 aliphatic rings. The molecule has 2 aliphatic heterocycles. The minimum Gasteiger partial charge on any atom is -0.467 e. The fraction of sp³-hybridized carbons (Fsp3) is 0.328. The molecule has 8 rings (SSSR count). The topological polar surface area (TPSA) is 162 Å². The molecule has 15 heteroatoms. The van der Waals surface area contributed by atoms with Crippen LogP contribution in [0.1, 0.15) is 43.0 Å². The lowest BCUT2D eigenvalue weighted by Gasteiger charge is -2.49. The zero-order valence-electron chi connectivity index (χ0n) is 40.7. The van der Waals surface area contributed by atoms with Gasteiger partial charge in [-0.15, -0.1) is 0 Å². The van der Waals surface area contributed by atoms with Crippen LogP contribution in [-0.4, -0.2) is 113 Å². The number of carbonyl (C=O) groups excluding carboxylic acids is 3. The highest BCUT2D eigenvalue weighted by molar-refractivity contribution is 5.90. The van der Waals surface area contributed by atoms with Gasteiger partial charge in [0.25, 0.3) is 0 Å². The smallest absolute Gasteiger partial charge is 0.338 e. The van der Waals surface area contributed by atoms with Crippen LogP contribution in [-0.2, 0) is 88.1 Å². The van der Waals surface area contributed by atoms with Crippen LogP contribution in [0.4, 0.5) is 0 Å². The summed E-state index contributed by atoms with van der Waals surface area (Å²) in [5.41, 5.74) is 4.08. The van der Waals surface area contributed by atoms with Crippen molar-refractivity contribution in [2.24, 2.45) is 0 Å². The van der Waals surface area contributed by atoms with Gasteiger partial charge in [0.05, 0.1) is 51.3 Å². The number of carbonyl (C=O) groups is 3. The summed E-state index contributed by atoms with van der Waals surface area (Å²) in [7, 11) is 2.58. The van der Waals surface area contributed by atoms with Gasteiger partial charge in [-0.3, -0.25) is 0 Å². The number of hydrogen-bond donors (Lipinski definition) is 0. The lowest BCUT2D eigenvalue weighted by molar-refractivity contribution is -0.370. The van der Waals surface area contributed by atoms with E-state index < -0.39 is 92.5 Å². The van der Waals surface area contributed by atoms with Crippen LogP contribution in [0.3, 0.4) is 0 Å². The van der Waals surface area contributed by atoms with Gasteiger partial charge in [0.1, 0.15) is 55.9 Å². The van der Waals surface area contributed by atoms with E-state index in [-0.39, 0.29) is 44.2 Å². The lowest BCUT2D eigenvalue weighted by Crippen LogP contribution is -2.66. The monoisotopic (exact) mass is 996 g/mol. The van der Waals surface area contributed by atoms with Crippen LogP contribution in [0.5, 0.6) is 0 Å². The molecule has 0 amide bonds. The van der Waals surface area contributed by atoms with E-state index in [0.29, 0.717) is 0 Å². The zero-order valence-corrected chi connectivity index (χ0v) is 40.7. The first-order valence-corrected chi connectivity index (χ1v) is 24.1. The Balaban J connectivity index is 1.22. The highest BCUT2D eigenvalue weighted by Crippen LogP contribution is 2.37. The van der Waals surface area contributed by atoms with Crippen molar-refractivity contribution in [1.29, 1.82) is 0 Å². The second kappa shape index (κ2) is 27.4. The molecule has 0 radical (unpaired) electrons. The third-order valence-corrected chi connectivity index (χ3v) is 12.2. The van der Waals surface area contributed by atoms with Crippen LogP contribution in [0.15, 0.2) is 182 Å².